The lowest BCUT2D eigenvalue weighted by Crippen LogP contribution is -2.47. The number of hydrogen-bond acceptors (Lipinski definition) is 3. The normalized spacial score (nSPS) is 20.9. The topological polar surface area (TPSA) is 53.9 Å². The van der Waals surface area contributed by atoms with Crippen LogP contribution in [0.3, 0.4) is 0 Å². The van der Waals surface area contributed by atoms with Gasteiger partial charge in [-0.15, -0.1) is 0 Å². The van der Waals surface area contributed by atoms with Crippen molar-refractivity contribution in [2.45, 2.75) is 39.0 Å². The molecule has 114 valence electrons. The molecule has 1 heterocycles. The van der Waals surface area contributed by atoms with Gasteiger partial charge in [0, 0.05) is 26.7 Å². The number of carbonyl (C=O) groups excluding carboxylic acids is 1. The molecular formula is C15H27N3O2. The second kappa shape index (κ2) is 7.50. The van der Waals surface area contributed by atoms with Gasteiger partial charge in [0.1, 0.15) is 0 Å². The van der Waals surface area contributed by atoms with E-state index in [0.717, 1.165) is 44.4 Å². The molecule has 0 atom stereocenters. The zero-order valence-electron chi connectivity index (χ0n) is 12.7. The Morgan fingerprint density at radius 1 is 1.30 bits per heavy atom. The monoisotopic (exact) mass is 281 g/mol. The fourth-order valence-corrected chi connectivity index (χ4v) is 2.71. The summed E-state index contributed by atoms with van der Waals surface area (Å²) < 4.78 is 5.10. The van der Waals surface area contributed by atoms with E-state index in [0.29, 0.717) is 6.61 Å². The highest BCUT2D eigenvalue weighted by Crippen LogP contribution is 2.31. The molecule has 0 radical (unpaired) electrons. The molecule has 1 aliphatic heterocycles. The smallest absolute Gasteiger partial charge is 0.309 e. The van der Waals surface area contributed by atoms with E-state index >= 15 is 0 Å². The first kappa shape index (κ1) is 15.1. The molecule has 1 aliphatic carbocycles. The highest BCUT2D eigenvalue weighted by atomic mass is 16.5. The SMILES string of the molecule is CCOC(=O)C1CCN(C(=NC)NCCC2CC2)CC1. The minimum Gasteiger partial charge on any atom is -0.466 e. The summed E-state index contributed by atoms with van der Waals surface area (Å²) in [6.07, 6.45) is 5.76. The summed E-state index contributed by atoms with van der Waals surface area (Å²) in [6, 6.07) is 0. The maximum atomic E-state index is 11.7. The van der Waals surface area contributed by atoms with Crippen LogP contribution in [0.5, 0.6) is 0 Å². The van der Waals surface area contributed by atoms with Gasteiger partial charge < -0.3 is 15.0 Å². The molecule has 5 nitrogen and oxygen atoms in total. The predicted octanol–water partition coefficient (Wildman–Crippen LogP) is 1.64. The van der Waals surface area contributed by atoms with Gasteiger partial charge in [-0.3, -0.25) is 9.79 Å². The van der Waals surface area contributed by atoms with Crippen molar-refractivity contribution in [2.24, 2.45) is 16.8 Å². The fraction of sp³-hybridized carbons (Fsp3) is 0.867. The van der Waals surface area contributed by atoms with Gasteiger partial charge in [0.25, 0.3) is 0 Å². The molecule has 0 unspecified atom stereocenters. The average Bonchev–Trinajstić information content (AvgIpc) is 3.28. The molecule has 2 aliphatic rings. The Balaban J connectivity index is 1.71. The molecule has 1 N–H and O–H groups in total. The molecular weight excluding hydrogens is 254 g/mol. The van der Waals surface area contributed by atoms with Crippen LogP contribution < -0.4 is 5.32 Å². The Labute approximate surface area is 121 Å². The van der Waals surface area contributed by atoms with E-state index in [2.05, 4.69) is 15.2 Å². The first-order valence-corrected chi connectivity index (χ1v) is 7.86. The highest BCUT2D eigenvalue weighted by molar-refractivity contribution is 5.80. The minimum atomic E-state index is -0.0381. The van der Waals surface area contributed by atoms with Crippen molar-refractivity contribution in [3.05, 3.63) is 0 Å². The highest BCUT2D eigenvalue weighted by Gasteiger charge is 2.27. The van der Waals surface area contributed by atoms with Crippen LogP contribution in [0.1, 0.15) is 39.0 Å². The maximum absolute atomic E-state index is 11.7. The van der Waals surface area contributed by atoms with Crippen LogP contribution in [0.25, 0.3) is 0 Å². The number of rotatable bonds is 5. The van der Waals surface area contributed by atoms with Crippen LogP contribution >= 0.6 is 0 Å². The number of likely N-dealkylation sites (tertiary alicyclic amines) is 1. The molecule has 0 amide bonds. The molecule has 0 aromatic carbocycles. The lowest BCUT2D eigenvalue weighted by atomic mass is 9.97. The summed E-state index contributed by atoms with van der Waals surface area (Å²) in [5.74, 6) is 1.95. The van der Waals surface area contributed by atoms with Crippen molar-refractivity contribution in [2.75, 3.05) is 33.3 Å². The van der Waals surface area contributed by atoms with Crippen LogP contribution in [-0.4, -0.2) is 50.1 Å². The fourth-order valence-electron chi connectivity index (χ4n) is 2.71. The maximum Gasteiger partial charge on any atom is 0.309 e. The number of nitrogens with one attached hydrogen (secondary N) is 1. The lowest BCUT2D eigenvalue weighted by Gasteiger charge is -2.33. The second-order valence-corrected chi connectivity index (χ2v) is 5.72. The Kier molecular flexibility index (Phi) is 5.68. The Bertz CT molecular complexity index is 345. The Hall–Kier alpha value is -1.26. The molecule has 5 heteroatoms. The number of guanidine groups is 1. The first-order valence-electron chi connectivity index (χ1n) is 7.86. The zero-order chi connectivity index (χ0) is 14.4. The van der Waals surface area contributed by atoms with Crippen molar-refractivity contribution < 1.29 is 9.53 Å². The quantitative estimate of drug-likeness (QED) is 0.473. The van der Waals surface area contributed by atoms with Gasteiger partial charge in [-0.25, -0.2) is 0 Å². The van der Waals surface area contributed by atoms with Crippen molar-refractivity contribution in [1.29, 1.82) is 0 Å². The third-order valence-electron chi connectivity index (χ3n) is 4.16. The summed E-state index contributed by atoms with van der Waals surface area (Å²) in [4.78, 5) is 18.3. The van der Waals surface area contributed by atoms with Crippen LogP contribution in [0.4, 0.5) is 0 Å². The molecule has 20 heavy (non-hydrogen) atoms. The molecule has 2 rings (SSSR count). The summed E-state index contributed by atoms with van der Waals surface area (Å²) in [5.41, 5.74) is 0. The average molecular weight is 281 g/mol. The molecule has 0 spiro atoms. The van der Waals surface area contributed by atoms with Crippen molar-refractivity contribution >= 4 is 11.9 Å². The third kappa shape index (κ3) is 4.39. The van der Waals surface area contributed by atoms with Crippen LogP contribution in [0.2, 0.25) is 0 Å². The Morgan fingerprint density at radius 2 is 2.00 bits per heavy atom. The Morgan fingerprint density at radius 3 is 2.55 bits per heavy atom. The van der Waals surface area contributed by atoms with Gasteiger partial charge in [0.05, 0.1) is 12.5 Å². The standard InChI is InChI=1S/C15H27N3O2/c1-3-20-14(19)13-7-10-18(11-8-13)15(16-2)17-9-6-12-4-5-12/h12-13H,3-11H2,1-2H3,(H,16,17). The lowest BCUT2D eigenvalue weighted by molar-refractivity contribution is -0.149. The molecule has 0 aromatic heterocycles. The third-order valence-corrected chi connectivity index (χ3v) is 4.16. The number of piperidine rings is 1. The van der Waals surface area contributed by atoms with Crippen LogP contribution in [-0.2, 0) is 9.53 Å². The number of nitrogens with zero attached hydrogens (tertiary/aromatic N) is 2. The van der Waals surface area contributed by atoms with Gasteiger partial charge in [-0.05, 0) is 32.1 Å². The summed E-state index contributed by atoms with van der Waals surface area (Å²) in [7, 11) is 1.83. The van der Waals surface area contributed by atoms with E-state index in [1.165, 1.54) is 19.3 Å². The van der Waals surface area contributed by atoms with Crippen molar-refractivity contribution in [1.82, 2.24) is 10.2 Å². The summed E-state index contributed by atoms with van der Waals surface area (Å²) in [5, 5.41) is 3.44. The minimum absolute atomic E-state index is 0.0381. The van der Waals surface area contributed by atoms with Crippen LogP contribution in [0.15, 0.2) is 4.99 Å². The number of carbonyl (C=O) groups is 1. The number of ether oxygens (including phenoxy) is 1. The van der Waals surface area contributed by atoms with Gasteiger partial charge in [-0.1, -0.05) is 12.8 Å². The zero-order valence-corrected chi connectivity index (χ0v) is 12.7. The van der Waals surface area contributed by atoms with E-state index in [9.17, 15) is 4.79 Å². The number of hydrogen-bond donors (Lipinski definition) is 1. The second-order valence-electron chi connectivity index (χ2n) is 5.72. The summed E-state index contributed by atoms with van der Waals surface area (Å²) >= 11 is 0. The van der Waals surface area contributed by atoms with Crippen LogP contribution in [0, 0.1) is 11.8 Å². The molecule has 1 saturated heterocycles. The van der Waals surface area contributed by atoms with E-state index in [1.807, 2.05) is 14.0 Å². The first-order chi connectivity index (χ1) is 9.74. The van der Waals surface area contributed by atoms with E-state index in [1.54, 1.807) is 0 Å². The van der Waals surface area contributed by atoms with Crippen molar-refractivity contribution in [3.63, 3.8) is 0 Å². The van der Waals surface area contributed by atoms with Gasteiger partial charge in [0.15, 0.2) is 5.96 Å². The summed E-state index contributed by atoms with van der Waals surface area (Å²) in [6.45, 7) is 5.11. The molecule has 1 saturated carbocycles. The van der Waals surface area contributed by atoms with Gasteiger partial charge in [0.2, 0.25) is 0 Å². The van der Waals surface area contributed by atoms with E-state index in [4.69, 9.17) is 4.74 Å². The van der Waals surface area contributed by atoms with E-state index < -0.39 is 0 Å². The van der Waals surface area contributed by atoms with Gasteiger partial charge >= 0.3 is 5.97 Å². The number of aliphatic imine (C=N–C) groups is 1. The molecule has 0 aromatic rings. The van der Waals surface area contributed by atoms with E-state index in [-0.39, 0.29) is 11.9 Å². The molecule has 2 fully saturated rings. The predicted molar refractivity (Wildman–Crippen MR) is 79.6 cm³/mol. The molecule has 0 bridgehead atoms. The van der Waals surface area contributed by atoms with Crippen molar-refractivity contribution in [3.8, 4) is 0 Å². The number of esters is 1. The van der Waals surface area contributed by atoms with Gasteiger partial charge in [-0.2, -0.15) is 0 Å². The largest absolute Gasteiger partial charge is 0.466 e.